The van der Waals surface area contributed by atoms with Gasteiger partial charge in [-0.1, -0.05) is 11.2 Å². The minimum Gasteiger partial charge on any atom is -0.390 e. The first kappa shape index (κ1) is 25.9. The minimum absolute atomic E-state index is 0.123. The van der Waals surface area contributed by atoms with Crippen LogP contribution in [0, 0.1) is 5.82 Å². The summed E-state index contributed by atoms with van der Waals surface area (Å²) in [6.45, 7) is 9.13. The topological polar surface area (TPSA) is 90.0 Å². The van der Waals surface area contributed by atoms with E-state index in [9.17, 15) is 9.59 Å². The van der Waals surface area contributed by atoms with Crippen LogP contribution in [0.25, 0.3) is 0 Å². The van der Waals surface area contributed by atoms with Crippen LogP contribution in [0.15, 0.2) is 23.4 Å². The molecule has 11 heteroatoms. The van der Waals surface area contributed by atoms with Gasteiger partial charge in [0.1, 0.15) is 18.1 Å². The first-order valence-electron chi connectivity index (χ1n) is 13.3. The van der Waals surface area contributed by atoms with Gasteiger partial charge in [0.05, 0.1) is 24.5 Å². The smallest absolute Gasteiger partial charge is 0.236 e. The van der Waals surface area contributed by atoms with Gasteiger partial charge in [-0.25, -0.2) is 4.39 Å². The fourth-order valence-electron chi connectivity index (χ4n) is 5.45. The van der Waals surface area contributed by atoms with Crippen molar-refractivity contribution in [1.82, 2.24) is 20.0 Å². The van der Waals surface area contributed by atoms with E-state index in [1.807, 2.05) is 15.9 Å². The molecule has 10 nitrogen and oxygen atoms in total. The predicted octanol–water partition coefficient (Wildman–Crippen LogP) is 0.858. The van der Waals surface area contributed by atoms with E-state index in [-0.39, 0.29) is 30.0 Å². The molecule has 202 valence electrons. The van der Waals surface area contributed by atoms with Gasteiger partial charge < -0.3 is 24.7 Å². The Bertz CT molecular complexity index is 1000. The van der Waals surface area contributed by atoms with Crippen LogP contribution in [0.3, 0.4) is 0 Å². The highest BCUT2D eigenvalue weighted by Gasteiger charge is 2.30. The number of hydrogen-bond donors (Lipinski definition) is 1. The van der Waals surface area contributed by atoms with Crippen molar-refractivity contribution in [1.29, 1.82) is 0 Å². The zero-order valence-electron chi connectivity index (χ0n) is 21.5. The van der Waals surface area contributed by atoms with Gasteiger partial charge in [-0.3, -0.25) is 19.4 Å². The van der Waals surface area contributed by atoms with Crippen LogP contribution in [-0.2, 0) is 19.2 Å². The number of halogens is 1. The molecule has 3 saturated heterocycles. The maximum atomic E-state index is 15.1. The molecule has 37 heavy (non-hydrogen) atoms. The van der Waals surface area contributed by atoms with E-state index in [4.69, 9.17) is 9.57 Å². The van der Waals surface area contributed by atoms with E-state index in [2.05, 4.69) is 20.3 Å². The molecule has 3 fully saturated rings. The number of ether oxygens (including phenoxy) is 1. The number of oxime groups is 1. The highest BCUT2D eigenvalue weighted by Crippen LogP contribution is 2.25. The van der Waals surface area contributed by atoms with Gasteiger partial charge in [-0.15, -0.1) is 0 Å². The number of benzene rings is 1. The van der Waals surface area contributed by atoms with Crippen molar-refractivity contribution in [2.45, 2.75) is 38.5 Å². The van der Waals surface area contributed by atoms with E-state index >= 15 is 4.39 Å². The maximum absolute atomic E-state index is 15.1. The summed E-state index contributed by atoms with van der Waals surface area (Å²) in [6, 6.07) is 5.13. The van der Waals surface area contributed by atoms with Gasteiger partial charge >= 0.3 is 0 Å². The predicted molar refractivity (Wildman–Crippen MR) is 137 cm³/mol. The number of nitrogens with one attached hydrogen (secondary N) is 1. The van der Waals surface area contributed by atoms with Crippen molar-refractivity contribution in [3.8, 4) is 0 Å². The second kappa shape index (κ2) is 11.7. The van der Waals surface area contributed by atoms with Gasteiger partial charge in [0.15, 0.2) is 0 Å². The zero-order valence-corrected chi connectivity index (χ0v) is 21.5. The quantitative estimate of drug-likeness (QED) is 0.575. The van der Waals surface area contributed by atoms with Crippen LogP contribution in [0.5, 0.6) is 0 Å². The number of anilines is 1. The lowest BCUT2D eigenvalue weighted by Gasteiger charge is -2.39. The summed E-state index contributed by atoms with van der Waals surface area (Å²) in [4.78, 5) is 37.9. The number of hydrogen-bond acceptors (Lipinski definition) is 8. The van der Waals surface area contributed by atoms with Crippen LogP contribution in [0.4, 0.5) is 10.1 Å². The van der Waals surface area contributed by atoms with Crippen molar-refractivity contribution in [3.63, 3.8) is 0 Å². The lowest BCUT2D eigenvalue weighted by Crippen LogP contribution is -2.55. The van der Waals surface area contributed by atoms with E-state index in [0.717, 1.165) is 45.6 Å². The summed E-state index contributed by atoms with van der Waals surface area (Å²) in [5.41, 5.74) is 1.89. The average molecular weight is 517 g/mol. The van der Waals surface area contributed by atoms with Crippen LogP contribution >= 0.6 is 0 Å². The fourth-order valence-corrected chi connectivity index (χ4v) is 5.45. The standard InChI is InChI=1S/C26H37FN6O4/c1-19(34)28-17-21-16-23(29-37-21)20-4-5-24(22(27)15-20)31-10-12-32(13-11-31)25(35)18-30-6-8-33(9-7-30)26-3-2-14-36-26/h4-5,15,21,26H,2-3,6-14,16-18H2,1H3,(H,28,34). The van der Waals surface area contributed by atoms with Crippen molar-refractivity contribution >= 4 is 23.2 Å². The van der Waals surface area contributed by atoms with Crippen molar-refractivity contribution in [3.05, 3.63) is 29.6 Å². The maximum Gasteiger partial charge on any atom is 0.236 e. The molecule has 0 saturated carbocycles. The van der Waals surface area contributed by atoms with Gasteiger partial charge in [-0.05, 0) is 25.0 Å². The molecule has 0 spiro atoms. The lowest BCUT2D eigenvalue weighted by molar-refractivity contribution is -0.133. The van der Waals surface area contributed by atoms with Gasteiger partial charge in [-0.2, -0.15) is 0 Å². The number of piperazine rings is 2. The number of rotatable bonds is 7. The molecule has 0 aromatic heterocycles. The SMILES string of the molecule is CC(=O)NCC1CC(c2ccc(N3CCN(C(=O)CN4CCN(C5CCCO5)CC4)CC3)c(F)c2)=NO1. The molecule has 0 radical (unpaired) electrons. The van der Waals surface area contributed by atoms with Gasteiger partial charge in [0.2, 0.25) is 11.8 Å². The average Bonchev–Trinajstić information content (AvgIpc) is 3.61. The molecule has 1 aromatic carbocycles. The molecule has 4 heterocycles. The monoisotopic (exact) mass is 516 g/mol. The second-order valence-electron chi connectivity index (χ2n) is 10.2. The van der Waals surface area contributed by atoms with Crippen molar-refractivity contribution < 1.29 is 23.6 Å². The minimum atomic E-state index is -0.311. The van der Waals surface area contributed by atoms with Gasteiger partial charge in [0.25, 0.3) is 0 Å². The summed E-state index contributed by atoms with van der Waals surface area (Å²) in [6.07, 6.45) is 2.78. The van der Waals surface area contributed by atoms with E-state index < -0.39 is 0 Å². The number of carbonyl (C=O) groups excluding carboxylic acids is 2. The Kier molecular flexibility index (Phi) is 8.21. The molecule has 5 rings (SSSR count). The van der Waals surface area contributed by atoms with Gasteiger partial charge in [0, 0.05) is 77.9 Å². The Morgan fingerprint density at radius 1 is 1.11 bits per heavy atom. The highest BCUT2D eigenvalue weighted by molar-refractivity contribution is 6.01. The third-order valence-electron chi connectivity index (χ3n) is 7.64. The third-order valence-corrected chi connectivity index (χ3v) is 7.64. The Balaban J connectivity index is 1.07. The molecule has 4 aliphatic heterocycles. The first-order valence-corrected chi connectivity index (χ1v) is 13.3. The zero-order chi connectivity index (χ0) is 25.8. The van der Waals surface area contributed by atoms with Crippen molar-refractivity contribution in [2.75, 3.05) is 77.0 Å². The summed E-state index contributed by atoms with van der Waals surface area (Å²) in [7, 11) is 0. The highest BCUT2D eigenvalue weighted by atomic mass is 19.1. The molecular weight excluding hydrogens is 479 g/mol. The Labute approximate surface area is 217 Å². The molecular formula is C26H37FN6O4. The molecule has 1 aromatic rings. The summed E-state index contributed by atoms with van der Waals surface area (Å²) in [5, 5.41) is 6.79. The van der Waals surface area contributed by atoms with E-state index in [1.54, 1.807) is 6.07 Å². The first-order chi connectivity index (χ1) is 18.0. The number of nitrogens with zero attached hydrogens (tertiary/aromatic N) is 5. The molecule has 2 unspecified atom stereocenters. The molecule has 2 atom stereocenters. The Morgan fingerprint density at radius 3 is 2.57 bits per heavy atom. The van der Waals surface area contributed by atoms with Crippen LogP contribution < -0.4 is 10.2 Å². The van der Waals surface area contributed by atoms with Crippen LogP contribution in [0.2, 0.25) is 0 Å². The third kappa shape index (κ3) is 6.39. The Hall–Kier alpha value is -2.76. The summed E-state index contributed by atoms with van der Waals surface area (Å²) >= 11 is 0. The van der Waals surface area contributed by atoms with Crippen LogP contribution in [-0.4, -0.2) is 117 Å². The lowest BCUT2D eigenvalue weighted by atomic mass is 10.0. The normalized spacial score (nSPS) is 25.2. The molecule has 0 aliphatic carbocycles. The van der Waals surface area contributed by atoms with E-state index in [1.165, 1.54) is 13.0 Å². The molecule has 4 aliphatic rings. The van der Waals surface area contributed by atoms with Crippen LogP contribution in [0.1, 0.15) is 31.7 Å². The molecule has 2 amide bonds. The summed E-state index contributed by atoms with van der Waals surface area (Å²) in [5.74, 6) is -0.286. The van der Waals surface area contributed by atoms with E-state index in [0.29, 0.717) is 62.7 Å². The second-order valence-corrected chi connectivity index (χ2v) is 10.2. The Morgan fingerprint density at radius 2 is 1.89 bits per heavy atom. The molecule has 0 bridgehead atoms. The number of amides is 2. The van der Waals surface area contributed by atoms with Crippen molar-refractivity contribution in [2.24, 2.45) is 5.16 Å². The molecule has 1 N–H and O–H groups in total. The largest absolute Gasteiger partial charge is 0.390 e. The number of carbonyl (C=O) groups is 2. The fraction of sp³-hybridized carbons (Fsp3) is 0.654. The summed E-state index contributed by atoms with van der Waals surface area (Å²) < 4.78 is 20.8.